The summed E-state index contributed by atoms with van der Waals surface area (Å²) >= 11 is 0. The highest BCUT2D eigenvalue weighted by molar-refractivity contribution is 5.35. The van der Waals surface area contributed by atoms with E-state index in [0.717, 1.165) is 6.07 Å². The fourth-order valence-electron chi connectivity index (χ4n) is 1.58. The first-order valence-corrected chi connectivity index (χ1v) is 5.96. The van der Waals surface area contributed by atoms with Crippen LogP contribution in [-0.2, 0) is 6.18 Å². The fourth-order valence-corrected chi connectivity index (χ4v) is 1.58. The molecule has 0 heterocycles. The lowest BCUT2D eigenvalue weighted by atomic mass is 9.90. The van der Waals surface area contributed by atoms with Crippen molar-refractivity contribution in [1.29, 1.82) is 5.26 Å². The van der Waals surface area contributed by atoms with Gasteiger partial charge in [-0.3, -0.25) is 0 Å². The van der Waals surface area contributed by atoms with Crippen LogP contribution in [0.25, 0.3) is 0 Å². The van der Waals surface area contributed by atoms with Crippen molar-refractivity contribution in [2.75, 3.05) is 6.61 Å². The van der Waals surface area contributed by atoms with Crippen molar-refractivity contribution in [3.05, 3.63) is 29.8 Å². The standard InChI is InChI=1S/C14H16F3NO/c1-13(2,10-18)8-5-9-19-12-7-4-3-6-11(12)14(15,16)17/h3-4,6-7H,5,8-9H2,1-2H3. The Hall–Kier alpha value is -1.70. The van der Waals surface area contributed by atoms with Crippen LogP contribution in [-0.4, -0.2) is 6.61 Å². The van der Waals surface area contributed by atoms with Gasteiger partial charge in [-0.2, -0.15) is 18.4 Å². The van der Waals surface area contributed by atoms with Gasteiger partial charge in [-0.15, -0.1) is 0 Å². The highest BCUT2D eigenvalue weighted by Crippen LogP contribution is 2.36. The van der Waals surface area contributed by atoms with Gasteiger partial charge in [0.25, 0.3) is 0 Å². The molecule has 2 nitrogen and oxygen atoms in total. The summed E-state index contributed by atoms with van der Waals surface area (Å²) in [5.41, 5.74) is -1.25. The minimum Gasteiger partial charge on any atom is -0.493 e. The number of hydrogen-bond acceptors (Lipinski definition) is 2. The van der Waals surface area contributed by atoms with E-state index in [1.807, 2.05) is 0 Å². The molecule has 0 aliphatic rings. The van der Waals surface area contributed by atoms with Crippen LogP contribution in [0.1, 0.15) is 32.3 Å². The van der Waals surface area contributed by atoms with Gasteiger partial charge in [0.2, 0.25) is 0 Å². The van der Waals surface area contributed by atoms with Gasteiger partial charge in [-0.1, -0.05) is 12.1 Å². The number of ether oxygens (including phenoxy) is 1. The number of para-hydroxylation sites is 1. The lowest BCUT2D eigenvalue weighted by Gasteiger charge is -2.16. The van der Waals surface area contributed by atoms with Gasteiger partial charge in [0.15, 0.2) is 0 Å². The molecule has 0 amide bonds. The summed E-state index contributed by atoms with van der Waals surface area (Å²) in [7, 11) is 0. The Balaban J connectivity index is 2.58. The molecule has 0 fully saturated rings. The number of rotatable bonds is 5. The number of alkyl halides is 3. The topological polar surface area (TPSA) is 33.0 Å². The normalized spacial score (nSPS) is 12.0. The van der Waals surface area contributed by atoms with Gasteiger partial charge < -0.3 is 4.74 Å². The quantitative estimate of drug-likeness (QED) is 0.743. The molecule has 0 saturated carbocycles. The molecule has 0 N–H and O–H groups in total. The zero-order valence-electron chi connectivity index (χ0n) is 10.9. The maximum absolute atomic E-state index is 12.7. The predicted molar refractivity (Wildman–Crippen MR) is 65.6 cm³/mol. The van der Waals surface area contributed by atoms with Crippen LogP contribution in [0.2, 0.25) is 0 Å². The van der Waals surface area contributed by atoms with Gasteiger partial charge in [0.1, 0.15) is 5.75 Å². The third-order valence-electron chi connectivity index (χ3n) is 2.70. The number of benzene rings is 1. The van der Waals surface area contributed by atoms with Crippen LogP contribution in [0.15, 0.2) is 24.3 Å². The molecular formula is C14H16F3NO. The van der Waals surface area contributed by atoms with E-state index in [2.05, 4.69) is 6.07 Å². The third kappa shape index (κ3) is 4.82. The maximum Gasteiger partial charge on any atom is 0.419 e. The van der Waals surface area contributed by atoms with Gasteiger partial charge in [0, 0.05) is 0 Å². The van der Waals surface area contributed by atoms with E-state index >= 15 is 0 Å². The molecule has 0 aliphatic heterocycles. The largest absolute Gasteiger partial charge is 0.493 e. The summed E-state index contributed by atoms with van der Waals surface area (Å²) in [4.78, 5) is 0. The Kier molecular flexibility index (Phi) is 4.82. The van der Waals surface area contributed by atoms with Crippen molar-refractivity contribution < 1.29 is 17.9 Å². The van der Waals surface area contributed by atoms with Crippen molar-refractivity contribution in [2.24, 2.45) is 5.41 Å². The Bertz CT molecular complexity index is 460. The molecule has 0 bridgehead atoms. The number of hydrogen-bond donors (Lipinski definition) is 0. The number of nitrogens with zero attached hydrogens (tertiary/aromatic N) is 1. The van der Waals surface area contributed by atoms with Crippen LogP contribution in [0, 0.1) is 16.7 Å². The Morgan fingerprint density at radius 3 is 2.42 bits per heavy atom. The van der Waals surface area contributed by atoms with E-state index in [1.165, 1.54) is 18.2 Å². The Morgan fingerprint density at radius 1 is 1.21 bits per heavy atom. The molecule has 19 heavy (non-hydrogen) atoms. The molecule has 1 aromatic carbocycles. The smallest absolute Gasteiger partial charge is 0.419 e. The minimum absolute atomic E-state index is 0.162. The molecule has 0 spiro atoms. The third-order valence-corrected chi connectivity index (χ3v) is 2.70. The van der Waals surface area contributed by atoms with Gasteiger partial charge in [-0.05, 0) is 38.8 Å². The van der Waals surface area contributed by atoms with E-state index in [4.69, 9.17) is 10.00 Å². The summed E-state index contributed by atoms with van der Waals surface area (Å²) in [6, 6.07) is 7.27. The summed E-state index contributed by atoms with van der Waals surface area (Å²) in [5.74, 6) is -0.162. The van der Waals surface area contributed by atoms with Crippen LogP contribution in [0.4, 0.5) is 13.2 Å². The lowest BCUT2D eigenvalue weighted by Crippen LogP contribution is -2.12. The summed E-state index contributed by atoms with van der Waals surface area (Å²) in [5, 5.41) is 8.82. The second-order valence-corrected chi connectivity index (χ2v) is 4.94. The first kappa shape index (κ1) is 15.4. The van der Waals surface area contributed by atoms with Gasteiger partial charge >= 0.3 is 6.18 Å². The van der Waals surface area contributed by atoms with E-state index < -0.39 is 17.2 Å². The predicted octanol–water partition coefficient (Wildman–Crippen LogP) is 4.41. The highest BCUT2D eigenvalue weighted by atomic mass is 19.4. The Morgan fingerprint density at radius 2 is 1.84 bits per heavy atom. The molecule has 0 atom stereocenters. The molecule has 0 radical (unpaired) electrons. The fraction of sp³-hybridized carbons (Fsp3) is 0.500. The van der Waals surface area contributed by atoms with Crippen molar-refractivity contribution in [3.8, 4) is 11.8 Å². The molecule has 0 aliphatic carbocycles. The van der Waals surface area contributed by atoms with Crippen LogP contribution < -0.4 is 4.74 Å². The SMILES string of the molecule is CC(C)(C#N)CCCOc1ccccc1C(F)(F)F. The minimum atomic E-state index is -4.41. The summed E-state index contributed by atoms with van der Waals surface area (Å²) in [6.07, 6.45) is -3.30. The summed E-state index contributed by atoms with van der Waals surface area (Å²) in [6.45, 7) is 3.74. The van der Waals surface area contributed by atoms with E-state index in [9.17, 15) is 13.2 Å². The van der Waals surface area contributed by atoms with E-state index in [0.29, 0.717) is 12.8 Å². The molecule has 0 aromatic heterocycles. The van der Waals surface area contributed by atoms with E-state index in [-0.39, 0.29) is 12.4 Å². The zero-order chi connectivity index (χ0) is 14.5. The van der Waals surface area contributed by atoms with E-state index in [1.54, 1.807) is 13.8 Å². The van der Waals surface area contributed by atoms with Crippen molar-refractivity contribution in [3.63, 3.8) is 0 Å². The maximum atomic E-state index is 12.7. The molecular weight excluding hydrogens is 255 g/mol. The number of halogens is 3. The average Bonchev–Trinajstić information content (AvgIpc) is 2.34. The first-order chi connectivity index (χ1) is 8.76. The summed E-state index contributed by atoms with van der Waals surface area (Å²) < 4.78 is 43.2. The molecule has 0 saturated heterocycles. The number of nitriles is 1. The highest BCUT2D eigenvalue weighted by Gasteiger charge is 2.33. The monoisotopic (exact) mass is 271 g/mol. The van der Waals surface area contributed by atoms with Crippen molar-refractivity contribution >= 4 is 0 Å². The molecule has 104 valence electrons. The second-order valence-electron chi connectivity index (χ2n) is 4.94. The molecule has 5 heteroatoms. The molecule has 0 unspecified atom stereocenters. The second kappa shape index (κ2) is 5.96. The van der Waals surface area contributed by atoms with Crippen molar-refractivity contribution in [2.45, 2.75) is 32.9 Å². The Labute approximate surface area is 110 Å². The van der Waals surface area contributed by atoms with Gasteiger partial charge in [0.05, 0.1) is 23.7 Å². The van der Waals surface area contributed by atoms with Crippen molar-refractivity contribution in [1.82, 2.24) is 0 Å². The van der Waals surface area contributed by atoms with Crippen LogP contribution >= 0.6 is 0 Å². The van der Waals surface area contributed by atoms with Crippen LogP contribution in [0.5, 0.6) is 5.75 Å². The molecule has 1 aromatic rings. The average molecular weight is 271 g/mol. The van der Waals surface area contributed by atoms with Gasteiger partial charge in [-0.25, -0.2) is 0 Å². The lowest BCUT2D eigenvalue weighted by molar-refractivity contribution is -0.139. The zero-order valence-corrected chi connectivity index (χ0v) is 10.9. The molecule has 1 rings (SSSR count). The van der Waals surface area contributed by atoms with Crippen LogP contribution in [0.3, 0.4) is 0 Å². The first-order valence-electron chi connectivity index (χ1n) is 5.96.